The molecule has 0 aliphatic carbocycles. The summed E-state index contributed by atoms with van der Waals surface area (Å²) in [7, 11) is 1.46. The second-order valence-electron chi connectivity index (χ2n) is 4.46. The average Bonchev–Trinajstić information content (AvgIpc) is 2.41. The number of phenols is 1. The summed E-state index contributed by atoms with van der Waals surface area (Å²) in [5.74, 6) is 0.260. The van der Waals surface area contributed by atoms with E-state index in [2.05, 4.69) is 0 Å². The van der Waals surface area contributed by atoms with Gasteiger partial charge in [-0.3, -0.25) is 4.79 Å². The topological polar surface area (TPSA) is 46.5 Å². The Morgan fingerprint density at radius 3 is 2.58 bits per heavy atom. The Hall–Kier alpha value is -2.29. The summed E-state index contributed by atoms with van der Waals surface area (Å²) >= 11 is 0. The highest BCUT2D eigenvalue weighted by atomic mass is 16.5. The number of rotatable bonds is 3. The van der Waals surface area contributed by atoms with Crippen LogP contribution in [0, 0.1) is 13.8 Å². The first kappa shape index (κ1) is 13.1. The molecule has 1 N–H and O–H groups in total. The molecule has 0 saturated heterocycles. The van der Waals surface area contributed by atoms with Gasteiger partial charge in [-0.1, -0.05) is 18.2 Å². The molecule has 3 nitrogen and oxygen atoms in total. The van der Waals surface area contributed by atoms with Crippen LogP contribution in [0.5, 0.6) is 11.5 Å². The molecule has 0 aromatic heterocycles. The van der Waals surface area contributed by atoms with Crippen molar-refractivity contribution < 1.29 is 14.6 Å². The third kappa shape index (κ3) is 2.45. The molecule has 0 saturated carbocycles. The van der Waals surface area contributed by atoms with E-state index in [0.29, 0.717) is 16.9 Å². The molecule has 0 atom stereocenters. The fraction of sp³-hybridized carbons (Fsp3) is 0.188. The molecule has 0 radical (unpaired) electrons. The summed E-state index contributed by atoms with van der Waals surface area (Å²) in [4.78, 5) is 12.5. The van der Waals surface area contributed by atoms with Crippen LogP contribution >= 0.6 is 0 Å². The number of ketones is 1. The second-order valence-corrected chi connectivity index (χ2v) is 4.46. The van der Waals surface area contributed by atoms with Crippen molar-refractivity contribution in [3.8, 4) is 11.5 Å². The standard InChI is InChI=1S/C16H16O3/c1-10-5-4-6-13(11(10)2)16(18)12-7-8-14(17)15(9-12)19-3/h4-9,17H,1-3H3. The van der Waals surface area contributed by atoms with Crippen molar-refractivity contribution in [2.45, 2.75) is 13.8 Å². The fourth-order valence-corrected chi connectivity index (χ4v) is 1.97. The number of carbonyl (C=O) groups is 1. The fourth-order valence-electron chi connectivity index (χ4n) is 1.97. The summed E-state index contributed by atoms with van der Waals surface area (Å²) in [5.41, 5.74) is 3.23. The molecule has 19 heavy (non-hydrogen) atoms. The Morgan fingerprint density at radius 2 is 1.89 bits per heavy atom. The van der Waals surface area contributed by atoms with Gasteiger partial charge in [0, 0.05) is 11.1 Å². The van der Waals surface area contributed by atoms with Crippen LogP contribution in [-0.4, -0.2) is 18.0 Å². The molecule has 0 aliphatic heterocycles. The van der Waals surface area contributed by atoms with Crippen molar-refractivity contribution in [1.29, 1.82) is 0 Å². The largest absolute Gasteiger partial charge is 0.504 e. The number of ether oxygens (including phenoxy) is 1. The minimum Gasteiger partial charge on any atom is -0.504 e. The SMILES string of the molecule is COc1cc(C(=O)c2cccc(C)c2C)ccc1O. The molecule has 0 bridgehead atoms. The summed E-state index contributed by atoms with van der Waals surface area (Å²) in [5, 5.41) is 9.55. The van der Waals surface area contributed by atoms with E-state index in [0.717, 1.165) is 11.1 Å². The molecular formula is C16H16O3. The van der Waals surface area contributed by atoms with Gasteiger partial charge in [-0.05, 0) is 43.2 Å². The molecule has 0 fully saturated rings. The van der Waals surface area contributed by atoms with Gasteiger partial charge in [0.2, 0.25) is 0 Å². The predicted octanol–water partition coefficient (Wildman–Crippen LogP) is 3.25. The monoisotopic (exact) mass is 256 g/mol. The lowest BCUT2D eigenvalue weighted by Crippen LogP contribution is -2.05. The van der Waals surface area contributed by atoms with Gasteiger partial charge in [-0.15, -0.1) is 0 Å². The molecule has 2 aromatic rings. The third-order valence-corrected chi connectivity index (χ3v) is 3.29. The number of aryl methyl sites for hydroxylation is 1. The van der Waals surface area contributed by atoms with E-state index in [1.54, 1.807) is 12.1 Å². The predicted molar refractivity (Wildman–Crippen MR) is 74.0 cm³/mol. The van der Waals surface area contributed by atoms with E-state index in [4.69, 9.17) is 4.74 Å². The number of benzene rings is 2. The highest BCUT2D eigenvalue weighted by Gasteiger charge is 2.14. The lowest BCUT2D eigenvalue weighted by Gasteiger charge is -2.09. The highest BCUT2D eigenvalue weighted by Crippen LogP contribution is 2.28. The molecule has 0 aliphatic rings. The Labute approximate surface area is 112 Å². The maximum Gasteiger partial charge on any atom is 0.193 e. The number of carbonyl (C=O) groups excluding carboxylic acids is 1. The zero-order valence-corrected chi connectivity index (χ0v) is 11.2. The van der Waals surface area contributed by atoms with E-state index in [1.807, 2.05) is 32.0 Å². The Bertz CT molecular complexity index is 630. The molecular weight excluding hydrogens is 240 g/mol. The number of methoxy groups -OCH3 is 1. The van der Waals surface area contributed by atoms with Crippen LogP contribution < -0.4 is 4.74 Å². The van der Waals surface area contributed by atoms with Gasteiger partial charge in [0.05, 0.1) is 7.11 Å². The number of hydrogen-bond donors (Lipinski definition) is 1. The third-order valence-electron chi connectivity index (χ3n) is 3.29. The molecule has 0 spiro atoms. The van der Waals surface area contributed by atoms with Crippen LogP contribution in [0.15, 0.2) is 36.4 Å². The Balaban J connectivity index is 2.47. The van der Waals surface area contributed by atoms with E-state index in [9.17, 15) is 9.90 Å². The minimum atomic E-state index is -0.0699. The normalized spacial score (nSPS) is 10.3. The van der Waals surface area contributed by atoms with E-state index < -0.39 is 0 Å². The van der Waals surface area contributed by atoms with Crippen molar-refractivity contribution in [2.75, 3.05) is 7.11 Å². The Kier molecular flexibility index (Phi) is 3.56. The van der Waals surface area contributed by atoms with Gasteiger partial charge in [-0.25, -0.2) is 0 Å². The summed E-state index contributed by atoms with van der Waals surface area (Å²) < 4.78 is 5.02. The van der Waals surface area contributed by atoms with Gasteiger partial charge >= 0.3 is 0 Å². The molecule has 0 unspecified atom stereocenters. The number of hydrogen-bond acceptors (Lipinski definition) is 3. The van der Waals surface area contributed by atoms with Crippen molar-refractivity contribution in [1.82, 2.24) is 0 Å². The first-order valence-electron chi connectivity index (χ1n) is 6.02. The van der Waals surface area contributed by atoms with E-state index >= 15 is 0 Å². The van der Waals surface area contributed by atoms with E-state index in [1.165, 1.54) is 13.2 Å². The molecule has 2 aromatic carbocycles. The molecule has 98 valence electrons. The van der Waals surface area contributed by atoms with Crippen LogP contribution in [0.4, 0.5) is 0 Å². The van der Waals surface area contributed by atoms with Gasteiger partial charge in [0.15, 0.2) is 17.3 Å². The lowest BCUT2D eigenvalue weighted by atomic mass is 9.96. The average molecular weight is 256 g/mol. The number of phenolic OH excluding ortho intramolecular Hbond substituents is 1. The van der Waals surface area contributed by atoms with Gasteiger partial charge in [0.1, 0.15) is 0 Å². The van der Waals surface area contributed by atoms with Crippen LogP contribution in [-0.2, 0) is 0 Å². The number of aromatic hydroxyl groups is 1. The summed E-state index contributed by atoms with van der Waals surface area (Å²) in [6.45, 7) is 3.91. The summed E-state index contributed by atoms with van der Waals surface area (Å²) in [6.07, 6.45) is 0. The van der Waals surface area contributed by atoms with Gasteiger partial charge in [-0.2, -0.15) is 0 Å². The first-order chi connectivity index (χ1) is 9.04. The van der Waals surface area contributed by atoms with Crippen LogP contribution in [0.2, 0.25) is 0 Å². The van der Waals surface area contributed by atoms with Crippen molar-refractivity contribution in [3.63, 3.8) is 0 Å². The zero-order valence-electron chi connectivity index (χ0n) is 11.2. The van der Waals surface area contributed by atoms with Crippen LogP contribution in [0.1, 0.15) is 27.0 Å². The van der Waals surface area contributed by atoms with E-state index in [-0.39, 0.29) is 11.5 Å². The van der Waals surface area contributed by atoms with Gasteiger partial charge in [0.25, 0.3) is 0 Å². The molecule has 0 heterocycles. The van der Waals surface area contributed by atoms with Gasteiger partial charge < -0.3 is 9.84 Å². The first-order valence-corrected chi connectivity index (χ1v) is 6.02. The van der Waals surface area contributed by atoms with Crippen LogP contribution in [0.3, 0.4) is 0 Å². The van der Waals surface area contributed by atoms with Crippen LogP contribution in [0.25, 0.3) is 0 Å². The van der Waals surface area contributed by atoms with Crippen molar-refractivity contribution in [3.05, 3.63) is 58.7 Å². The minimum absolute atomic E-state index is 0.0278. The lowest BCUT2D eigenvalue weighted by molar-refractivity contribution is 0.103. The maximum absolute atomic E-state index is 12.5. The van der Waals surface area contributed by atoms with Crippen molar-refractivity contribution >= 4 is 5.78 Å². The molecule has 2 rings (SSSR count). The highest BCUT2D eigenvalue weighted by molar-refractivity contribution is 6.10. The maximum atomic E-state index is 12.5. The smallest absolute Gasteiger partial charge is 0.193 e. The zero-order chi connectivity index (χ0) is 14.0. The molecule has 3 heteroatoms. The second kappa shape index (κ2) is 5.14. The molecule has 0 amide bonds. The Morgan fingerprint density at radius 1 is 1.16 bits per heavy atom. The summed E-state index contributed by atoms with van der Waals surface area (Å²) in [6, 6.07) is 10.3. The van der Waals surface area contributed by atoms with Crippen molar-refractivity contribution in [2.24, 2.45) is 0 Å². The quantitative estimate of drug-likeness (QED) is 0.857.